The van der Waals surface area contributed by atoms with E-state index in [1.165, 1.54) is 0 Å². The maximum absolute atomic E-state index is 9.62. The average molecular weight is 309 g/mol. The maximum atomic E-state index is 9.62. The van der Waals surface area contributed by atoms with E-state index in [2.05, 4.69) is 26.8 Å². The van der Waals surface area contributed by atoms with E-state index in [-0.39, 0.29) is 6.10 Å². The van der Waals surface area contributed by atoms with Gasteiger partial charge >= 0.3 is 0 Å². The molecule has 0 bridgehead atoms. The highest BCUT2D eigenvalue weighted by atomic mass is 32.1. The molecular formula is C14H23N5OS. The number of aliphatic hydroxyl groups is 1. The molecule has 1 fully saturated rings. The first kappa shape index (κ1) is 14.7. The number of piperazine rings is 1. The molecule has 6 nitrogen and oxygen atoms in total. The van der Waals surface area contributed by atoms with Crippen molar-refractivity contribution in [2.45, 2.75) is 39.3 Å². The number of nitrogens with zero attached hydrogens (tertiary/aromatic N) is 5. The Labute approximate surface area is 129 Å². The third-order valence-electron chi connectivity index (χ3n) is 4.00. The minimum Gasteiger partial charge on any atom is -0.392 e. The number of fused-ring (bicyclic) bond motifs is 1. The first-order valence-electron chi connectivity index (χ1n) is 7.56. The fourth-order valence-electron chi connectivity index (χ4n) is 2.96. The van der Waals surface area contributed by atoms with Crippen LogP contribution in [-0.4, -0.2) is 62.9 Å². The summed E-state index contributed by atoms with van der Waals surface area (Å²) in [5, 5.41) is 15.3. The molecule has 3 rings (SSSR count). The zero-order chi connectivity index (χ0) is 15.0. The minimum atomic E-state index is -0.267. The van der Waals surface area contributed by atoms with Crippen LogP contribution < -0.4 is 4.90 Å². The van der Waals surface area contributed by atoms with Crippen LogP contribution in [0.25, 0.3) is 4.96 Å². The minimum absolute atomic E-state index is 0.267. The lowest BCUT2D eigenvalue weighted by Crippen LogP contribution is -2.54. The number of aromatic nitrogens is 3. The molecule has 0 aliphatic carbocycles. The summed E-state index contributed by atoms with van der Waals surface area (Å²) in [7, 11) is 0. The van der Waals surface area contributed by atoms with Crippen molar-refractivity contribution in [3.8, 4) is 0 Å². The first-order valence-corrected chi connectivity index (χ1v) is 8.38. The van der Waals surface area contributed by atoms with Crippen LogP contribution in [0.2, 0.25) is 0 Å². The molecule has 1 saturated heterocycles. The number of rotatable bonds is 4. The Morgan fingerprint density at radius 1 is 1.48 bits per heavy atom. The molecule has 0 unspecified atom stereocenters. The highest BCUT2D eigenvalue weighted by molar-refractivity contribution is 7.20. The van der Waals surface area contributed by atoms with Crippen molar-refractivity contribution >= 4 is 21.4 Å². The lowest BCUT2D eigenvalue weighted by molar-refractivity contribution is 0.0885. The van der Waals surface area contributed by atoms with Crippen LogP contribution in [0.1, 0.15) is 26.0 Å². The largest absolute Gasteiger partial charge is 0.392 e. The molecule has 0 aromatic carbocycles. The second-order valence-electron chi connectivity index (χ2n) is 5.85. The van der Waals surface area contributed by atoms with Crippen molar-refractivity contribution in [3.63, 3.8) is 0 Å². The summed E-state index contributed by atoms with van der Waals surface area (Å²) in [5.74, 6) is 0. The van der Waals surface area contributed by atoms with Gasteiger partial charge in [-0.3, -0.25) is 4.90 Å². The normalized spacial score (nSPS) is 22.1. The van der Waals surface area contributed by atoms with Gasteiger partial charge in [0.1, 0.15) is 0 Å². The second-order valence-corrected chi connectivity index (χ2v) is 6.78. The monoisotopic (exact) mass is 309 g/mol. The maximum Gasteiger partial charge on any atom is 0.214 e. The highest BCUT2D eigenvalue weighted by Gasteiger charge is 2.28. The van der Waals surface area contributed by atoms with Crippen LogP contribution in [0.5, 0.6) is 0 Å². The van der Waals surface area contributed by atoms with E-state index in [0.717, 1.165) is 48.4 Å². The Hall–Kier alpha value is -1.18. The molecular weight excluding hydrogens is 286 g/mol. The number of β-amino-alcohol motifs (C(OH)–C–C–N with tert-alkyl or cyclic N) is 1. The Bertz CT molecular complexity index is 576. The summed E-state index contributed by atoms with van der Waals surface area (Å²) in [6, 6.07) is 0.478. The van der Waals surface area contributed by atoms with Crippen LogP contribution in [0.4, 0.5) is 5.13 Å². The van der Waals surface area contributed by atoms with Gasteiger partial charge in [0.15, 0.2) is 0 Å². The van der Waals surface area contributed by atoms with E-state index in [1.807, 2.05) is 24.6 Å². The summed E-state index contributed by atoms with van der Waals surface area (Å²) < 4.78 is 1.87. The highest BCUT2D eigenvalue weighted by Crippen LogP contribution is 2.26. The van der Waals surface area contributed by atoms with Gasteiger partial charge in [-0.1, -0.05) is 18.3 Å². The molecule has 0 spiro atoms. The Morgan fingerprint density at radius 3 is 2.95 bits per heavy atom. The third-order valence-corrected chi connectivity index (χ3v) is 4.98. The SMILES string of the molecule is CC[C@@H]1CN(c2nn3cc(C)nc3s2)CCN1C[C@@H](C)O. The number of hydrogen-bond donors (Lipinski definition) is 1. The van der Waals surface area contributed by atoms with Crippen LogP contribution in [-0.2, 0) is 0 Å². The molecule has 1 aliphatic rings. The van der Waals surface area contributed by atoms with Gasteiger partial charge in [0.2, 0.25) is 10.1 Å². The molecule has 1 N–H and O–H groups in total. The molecule has 0 amide bonds. The average Bonchev–Trinajstić information content (AvgIpc) is 2.95. The molecule has 2 aromatic heterocycles. The fraction of sp³-hybridized carbons (Fsp3) is 0.714. The van der Waals surface area contributed by atoms with E-state index >= 15 is 0 Å². The lowest BCUT2D eigenvalue weighted by atomic mass is 10.1. The van der Waals surface area contributed by atoms with Gasteiger partial charge in [0, 0.05) is 32.2 Å². The summed E-state index contributed by atoms with van der Waals surface area (Å²) >= 11 is 1.65. The molecule has 2 aromatic rings. The quantitative estimate of drug-likeness (QED) is 0.925. The van der Waals surface area contributed by atoms with Gasteiger partial charge < -0.3 is 10.0 Å². The summed E-state index contributed by atoms with van der Waals surface area (Å²) in [6.07, 6.45) is 2.79. The van der Waals surface area contributed by atoms with Gasteiger partial charge in [0.05, 0.1) is 18.0 Å². The summed E-state index contributed by atoms with van der Waals surface area (Å²) in [5.41, 5.74) is 1.01. The fourth-order valence-corrected chi connectivity index (χ4v) is 3.92. The van der Waals surface area contributed by atoms with Gasteiger partial charge in [-0.2, -0.15) is 0 Å². The molecule has 21 heavy (non-hydrogen) atoms. The Kier molecular flexibility index (Phi) is 4.14. The van der Waals surface area contributed by atoms with Crippen LogP contribution in [0.3, 0.4) is 0 Å². The number of imidazole rings is 1. The smallest absolute Gasteiger partial charge is 0.214 e. The van der Waals surface area contributed by atoms with Crippen molar-refractivity contribution in [3.05, 3.63) is 11.9 Å². The predicted octanol–water partition coefficient (Wildman–Crippen LogP) is 1.38. The lowest BCUT2D eigenvalue weighted by Gasteiger charge is -2.41. The molecule has 0 saturated carbocycles. The van der Waals surface area contributed by atoms with Crippen LogP contribution in [0, 0.1) is 6.92 Å². The molecule has 7 heteroatoms. The number of hydrogen-bond acceptors (Lipinski definition) is 6. The molecule has 1 aliphatic heterocycles. The van der Waals surface area contributed by atoms with Crippen molar-refractivity contribution in [1.82, 2.24) is 19.5 Å². The van der Waals surface area contributed by atoms with E-state index in [4.69, 9.17) is 0 Å². The molecule has 3 heterocycles. The van der Waals surface area contributed by atoms with Crippen molar-refractivity contribution in [1.29, 1.82) is 0 Å². The Morgan fingerprint density at radius 2 is 2.29 bits per heavy atom. The van der Waals surface area contributed by atoms with Crippen LogP contribution in [0.15, 0.2) is 6.20 Å². The van der Waals surface area contributed by atoms with Gasteiger partial charge in [-0.15, -0.1) is 5.10 Å². The van der Waals surface area contributed by atoms with E-state index in [1.54, 1.807) is 11.3 Å². The molecule has 116 valence electrons. The van der Waals surface area contributed by atoms with Gasteiger partial charge in [-0.25, -0.2) is 9.50 Å². The number of anilines is 1. The Balaban J connectivity index is 1.73. The number of aryl methyl sites for hydroxylation is 1. The zero-order valence-electron chi connectivity index (χ0n) is 12.9. The second kappa shape index (κ2) is 5.90. The van der Waals surface area contributed by atoms with E-state index in [0.29, 0.717) is 6.04 Å². The number of aliphatic hydroxyl groups excluding tert-OH is 1. The van der Waals surface area contributed by atoms with Crippen molar-refractivity contribution in [2.24, 2.45) is 0 Å². The topological polar surface area (TPSA) is 56.9 Å². The van der Waals surface area contributed by atoms with Crippen molar-refractivity contribution < 1.29 is 5.11 Å². The van der Waals surface area contributed by atoms with E-state index < -0.39 is 0 Å². The first-order chi connectivity index (χ1) is 10.1. The van der Waals surface area contributed by atoms with Crippen LogP contribution >= 0.6 is 11.3 Å². The van der Waals surface area contributed by atoms with Crippen molar-refractivity contribution in [2.75, 3.05) is 31.1 Å². The molecule has 0 radical (unpaired) electrons. The van der Waals surface area contributed by atoms with E-state index in [9.17, 15) is 5.11 Å². The summed E-state index contributed by atoms with van der Waals surface area (Å²) in [6.45, 7) is 9.72. The van der Waals surface area contributed by atoms with Gasteiger partial charge in [0.25, 0.3) is 0 Å². The summed E-state index contributed by atoms with van der Waals surface area (Å²) in [4.78, 5) is 10.2. The van der Waals surface area contributed by atoms with Gasteiger partial charge in [-0.05, 0) is 20.3 Å². The standard InChI is InChI=1S/C14H23N5OS/c1-4-12-9-18(6-5-17(12)8-11(3)20)14-16-19-7-10(2)15-13(19)21-14/h7,11-12,20H,4-6,8-9H2,1-3H3/t11-,12-/m1/s1. The zero-order valence-corrected chi connectivity index (χ0v) is 13.7. The predicted molar refractivity (Wildman–Crippen MR) is 85.1 cm³/mol. The molecule has 2 atom stereocenters. The third kappa shape index (κ3) is 3.04.